The van der Waals surface area contributed by atoms with Crippen molar-refractivity contribution >= 4 is 28.1 Å². The number of furan rings is 1. The summed E-state index contributed by atoms with van der Waals surface area (Å²) in [7, 11) is 0. The molecular weight excluding hydrogens is 384 g/mol. The Bertz CT molecular complexity index is 1040. The molecule has 4 rings (SSSR count). The molecule has 136 valence electrons. The Morgan fingerprint density at radius 2 is 2.00 bits per heavy atom. The molecule has 0 bridgehead atoms. The summed E-state index contributed by atoms with van der Waals surface area (Å²) < 4.78 is 7.50. The van der Waals surface area contributed by atoms with E-state index in [4.69, 9.17) is 4.42 Å². The molecule has 0 saturated carbocycles. The minimum absolute atomic E-state index is 0.146. The number of nitrogens with zero attached hydrogens (tertiary/aromatic N) is 4. The predicted molar refractivity (Wildman–Crippen MR) is 104 cm³/mol. The predicted octanol–water partition coefficient (Wildman–Crippen LogP) is 4.85. The summed E-state index contributed by atoms with van der Waals surface area (Å²) in [4.78, 5) is 10.5. The van der Waals surface area contributed by atoms with Gasteiger partial charge in [-0.15, -0.1) is 10.2 Å². The van der Waals surface area contributed by atoms with E-state index in [1.807, 2.05) is 47.0 Å². The molecule has 0 unspecified atom stereocenters. The first-order chi connectivity index (χ1) is 13.2. The van der Waals surface area contributed by atoms with Crippen LogP contribution in [0.4, 0.5) is 5.00 Å². The second-order valence-corrected chi connectivity index (χ2v) is 7.53. The van der Waals surface area contributed by atoms with Crippen molar-refractivity contribution in [3.05, 3.63) is 81.4 Å². The van der Waals surface area contributed by atoms with E-state index in [0.29, 0.717) is 23.9 Å². The van der Waals surface area contributed by atoms with Crippen molar-refractivity contribution in [1.29, 1.82) is 0 Å². The standard InChI is InChI=1S/C18H14N4O3S2/c23-22(24)16-9-14(11-26-16)12-27-18-20-19-17(15-7-4-8-25-15)21(18)10-13-5-2-1-3-6-13/h1-9,11H,10,12H2. The fraction of sp³-hybridized carbons (Fsp3) is 0.111. The van der Waals surface area contributed by atoms with E-state index in [2.05, 4.69) is 10.2 Å². The smallest absolute Gasteiger partial charge is 0.324 e. The summed E-state index contributed by atoms with van der Waals surface area (Å²) in [5, 5.41) is 22.1. The van der Waals surface area contributed by atoms with Crippen LogP contribution in [-0.2, 0) is 12.3 Å². The van der Waals surface area contributed by atoms with Gasteiger partial charge in [-0.05, 0) is 23.3 Å². The maximum absolute atomic E-state index is 10.9. The van der Waals surface area contributed by atoms with Crippen molar-refractivity contribution in [3.8, 4) is 11.6 Å². The molecule has 27 heavy (non-hydrogen) atoms. The summed E-state index contributed by atoms with van der Waals surface area (Å²) in [5.41, 5.74) is 2.02. The molecule has 7 nitrogen and oxygen atoms in total. The highest BCUT2D eigenvalue weighted by Crippen LogP contribution is 2.30. The zero-order chi connectivity index (χ0) is 18.6. The lowest BCUT2D eigenvalue weighted by molar-refractivity contribution is -0.380. The van der Waals surface area contributed by atoms with Crippen LogP contribution in [0.3, 0.4) is 0 Å². The van der Waals surface area contributed by atoms with Gasteiger partial charge in [0.05, 0.1) is 17.7 Å². The van der Waals surface area contributed by atoms with Crippen LogP contribution in [0.2, 0.25) is 0 Å². The van der Waals surface area contributed by atoms with Gasteiger partial charge in [0.15, 0.2) is 10.9 Å². The van der Waals surface area contributed by atoms with E-state index in [1.165, 1.54) is 11.8 Å². The first kappa shape index (κ1) is 17.5. The van der Waals surface area contributed by atoms with Crippen molar-refractivity contribution in [1.82, 2.24) is 14.8 Å². The minimum atomic E-state index is -0.369. The average molecular weight is 398 g/mol. The van der Waals surface area contributed by atoms with Crippen LogP contribution in [0.25, 0.3) is 11.6 Å². The molecule has 0 fully saturated rings. The number of thiophene rings is 1. The maximum Gasteiger partial charge on any atom is 0.324 e. The third-order valence-electron chi connectivity index (χ3n) is 3.83. The SMILES string of the molecule is O=[N+]([O-])c1cc(CSc2nnc(-c3ccco3)n2Cc2ccccc2)cs1. The molecule has 0 aliphatic heterocycles. The quantitative estimate of drug-likeness (QED) is 0.251. The second-order valence-electron chi connectivity index (χ2n) is 5.69. The van der Waals surface area contributed by atoms with Crippen molar-refractivity contribution in [2.45, 2.75) is 17.5 Å². The molecule has 3 heterocycles. The van der Waals surface area contributed by atoms with Crippen molar-refractivity contribution in [2.75, 3.05) is 0 Å². The van der Waals surface area contributed by atoms with Crippen LogP contribution in [0.5, 0.6) is 0 Å². The fourth-order valence-corrected chi connectivity index (χ4v) is 4.28. The summed E-state index contributed by atoms with van der Waals surface area (Å²) in [6.07, 6.45) is 1.61. The Kier molecular flexibility index (Phi) is 5.03. The first-order valence-corrected chi connectivity index (χ1v) is 9.93. The Morgan fingerprint density at radius 1 is 1.15 bits per heavy atom. The molecule has 0 spiro atoms. The monoisotopic (exact) mass is 398 g/mol. The van der Waals surface area contributed by atoms with Gasteiger partial charge in [0.1, 0.15) is 0 Å². The zero-order valence-corrected chi connectivity index (χ0v) is 15.7. The molecule has 0 N–H and O–H groups in total. The van der Waals surface area contributed by atoms with E-state index in [9.17, 15) is 10.1 Å². The molecule has 0 amide bonds. The molecule has 3 aromatic heterocycles. The van der Waals surface area contributed by atoms with Crippen molar-refractivity contribution < 1.29 is 9.34 Å². The van der Waals surface area contributed by atoms with E-state index >= 15 is 0 Å². The Balaban J connectivity index is 1.60. The van der Waals surface area contributed by atoms with Crippen LogP contribution < -0.4 is 0 Å². The van der Waals surface area contributed by atoms with E-state index in [1.54, 1.807) is 17.7 Å². The molecule has 4 aromatic rings. The molecule has 0 atom stereocenters. The van der Waals surface area contributed by atoms with Crippen LogP contribution in [0.15, 0.2) is 69.7 Å². The van der Waals surface area contributed by atoms with E-state index in [0.717, 1.165) is 27.6 Å². The van der Waals surface area contributed by atoms with Crippen molar-refractivity contribution in [3.63, 3.8) is 0 Å². The van der Waals surface area contributed by atoms with Gasteiger partial charge in [-0.2, -0.15) is 0 Å². The van der Waals surface area contributed by atoms with Gasteiger partial charge in [-0.3, -0.25) is 14.7 Å². The summed E-state index contributed by atoms with van der Waals surface area (Å²) >= 11 is 2.63. The molecule has 0 saturated heterocycles. The topological polar surface area (TPSA) is 87.0 Å². The molecule has 9 heteroatoms. The lowest BCUT2D eigenvalue weighted by Crippen LogP contribution is -2.03. The zero-order valence-electron chi connectivity index (χ0n) is 14.0. The summed E-state index contributed by atoms with van der Waals surface area (Å²) in [5.74, 6) is 1.88. The number of nitro groups is 1. The summed E-state index contributed by atoms with van der Waals surface area (Å²) in [6.45, 7) is 0.607. The van der Waals surface area contributed by atoms with Crippen LogP contribution in [0.1, 0.15) is 11.1 Å². The van der Waals surface area contributed by atoms with Crippen LogP contribution in [-0.4, -0.2) is 19.7 Å². The lowest BCUT2D eigenvalue weighted by Gasteiger charge is -2.09. The highest BCUT2D eigenvalue weighted by atomic mass is 32.2. The van der Waals surface area contributed by atoms with Crippen molar-refractivity contribution in [2.24, 2.45) is 0 Å². The highest BCUT2D eigenvalue weighted by molar-refractivity contribution is 7.98. The number of rotatable bonds is 7. The van der Waals surface area contributed by atoms with Gasteiger partial charge in [-0.25, -0.2) is 0 Å². The first-order valence-electron chi connectivity index (χ1n) is 8.06. The number of thioether (sulfide) groups is 1. The van der Waals surface area contributed by atoms with Gasteiger partial charge in [0.25, 0.3) is 0 Å². The fourth-order valence-electron chi connectivity index (χ4n) is 2.57. The summed E-state index contributed by atoms with van der Waals surface area (Å²) in [6, 6.07) is 15.3. The number of benzene rings is 1. The van der Waals surface area contributed by atoms with Gasteiger partial charge in [-0.1, -0.05) is 53.4 Å². The van der Waals surface area contributed by atoms with E-state index < -0.39 is 0 Å². The average Bonchev–Trinajstić information content (AvgIpc) is 3.42. The van der Waals surface area contributed by atoms with Crippen LogP contribution in [0, 0.1) is 10.1 Å². The Labute approximate surface area is 162 Å². The molecule has 1 aromatic carbocycles. The van der Waals surface area contributed by atoms with E-state index in [-0.39, 0.29) is 9.92 Å². The minimum Gasteiger partial charge on any atom is -0.461 e. The Morgan fingerprint density at radius 3 is 2.70 bits per heavy atom. The molecule has 0 radical (unpaired) electrons. The highest BCUT2D eigenvalue weighted by Gasteiger charge is 2.18. The van der Waals surface area contributed by atoms with Crippen LogP contribution >= 0.6 is 23.1 Å². The number of hydrogen-bond donors (Lipinski definition) is 0. The number of hydrogen-bond acceptors (Lipinski definition) is 7. The normalized spacial score (nSPS) is 11.0. The van der Waals surface area contributed by atoms with Gasteiger partial charge < -0.3 is 4.42 Å². The van der Waals surface area contributed by atoms with Gasteiger partial charge in [0, 0.05) is 17.2 Å². The Hall–Kier alpha value is -2.91. The van der Waals surface area contributed by atoms with Gasteiger partial charge >= 0.3 is 5.00 Å². The lowest BCUT2D eigenvalue weighted by atomic mass is 10.2. The maximum atomic E-state index is 10.9. The number of aromatic nitrogens is 3. The molecule has 0 aliphatic rings. The third kappa shape index (κ3) is 3.93. The molecular formula is C18H14N4O3S2. The second kappa shape index (κ2) is 7.77. The van der Waals surface area contributed by atoms with Gasteiger partial charge in [0.2, 0.25) is 5.82 Å². The third-order valence-corrected chi connectivity index (χ3v) is 5.80. The molecule has 0 aliphatic carbocycles. The largest absolute Gasteiger partial charge is 0.461 e.